The molecule has 1 atom stereocenters. The standard InChI is InChI=1S/C12H24N2O/c1-9(12(2,3)4)14-11(15)10-5-7-13-8-6-10/h9-10,13H,5-8H2,1-4H3,(H,14,15)/t9-/m0/s1. The van der Waals surface area contributed by atoms with Gasteiger partial charge < -0.3 is 10.6 Å². The number of carbonyl (C=O) groups is 1. The van der Waals surface area contributed by atoms with Crippen LogP contribution in [0.25, 0.3) is 0 Å². The van der Waals surface area contributed by atoms with Gasteiger partial charge in [0.15, 0.2) is 0 Å². The second kappa shape index (κ2) is 4.97. The highest BCUT2D eigenvalue weighted by molar-refractivity contribution is 5.79. The largest absolute Gasteiger partial charge is 0.353 e. The smallest absolute Gasteiger partial charge is 0.223 e. The molecule has 2 N–H and O–H groups in total. The van der Waals surface area contributed by atoms with E-state index in [1.54, 1.807) is 0 Å². The second-order valence-corrected chi connectivity index (χ2v) is 5.62. The van der Waals surface area contributed by atoms with Crippen LogP contribution in [0.5, 0.6) is 0 Å². The van der Waals surface area contributed by atoms with Crippen molar-refractivity contribution in [2.24, 2.45) is 11.3 Å². The molecule has 88 valence electrons. The van der Waals surface area contributed by atoms with Crippen LogP contribution in [-0.2, 0) is 4.79 Å². The van der Waals surface area contributed by atoms with Crippen molar-refractivity contribution in [1.29, 1.82) is 0 Å². The summed E-state index contributed by atoms with van der Waals surface area (Å²) in [7, 11) is 0. The molecule has 0 spiro atoms. The van der Waals surface area contributed by atoms with E-state index in [1.807, 2.05) is 0 Å². The second-order valence-electron chi connectivity index (χ2n) is 5.62. The summed E-state index contributed by atoms with van der Waals surface area (Å²) < 4.78 is 0. The average molecular weight is 212 g/mol. The van der Waals surface area contributed by atoms with Crippen molar-refractivity contribution in [2.45, 2.75) is 46.6 Å². The first-order chi connectivity index (χ1) is 6.91. The minimum absolute atomic E-state index is 0.141. The minimum Gasteiger partial charge on any atom is -0.353 e. The van der Waals surface area contributed by atoms with Gasteiger partial charge in [-0.15, -0.1) is 0 Å². The molecule has 0 aromatic heterocycles. The van der Waals surface area contributed by atoms with Crippen molar-refractivity contribution in [1.82, 2.24) is 10.6 Å². The van der Waals surface area contributed by atoms with Crippen molar-refractivity contribution in [3.63, 3.8) is 0 Å². The van der Waals surface area contributed by atoms with Gasteiger partial charge in [0.2, 0.25) is 5.91 Å². The van der Waals surface area contributed by atoms with Gasteiger partial charge in [0.25, 0.3) is 0 Å². The number of piperidine rings is 1. The Morgan fingerprint density at radius 1 is 1.33 bits per heavy atom. The minimum atomic E-state index is 0.141. The van der Waals surface area contributed by atoms with Gasteiger partial charge in [0.05, 0.1) is 0 Å². The fourth-order valence-corrected chi connectivity index (χ4v) is 1.63. The molecular formula is C12H24N2O. The summed E-state index contributed by atoms with van der Waals surface area (Å²) in [6, 6.07) is 0.236. The van der Waals surface area contributed by atoms with Crippen LogP contribution < -0.4 is 10.6 Å². The molecule has 0 radical (unpaired) electrons. The number of rotatable bonds is 2. The Balaban J connectivity index is 2.40. The summed E-state index contributed by atoms with van der Waals surface area (Å²) in [5.74, 6) is 0.454. The quantitative estimate of drug-likeness (QED) is 0.729. The van der Waals surface area contributed by atoms with Gasteiger partial charge >= 0.3 is 0 Å². The van der Waals surface area contributed by atoms with Crippen LogP contribution in [0, 0.1) is 11.3 Å². The van der Waals surface area contributed by atoms with Crippen LogP contribution >= 0.6 is 0 Å². The summed E-state index contributed by atoms with van der Waals surface area (Å²) in [5, 5.41) is 6.40. The maximum Gasteiger partial charge on any atom is 0.223 e. The zero-order chi connectivity index (χ0) is 11.5. The monoisotopic (exact) mass is 212 g/mol. The topological polar surface area (TPSA) is 41.1 Å². The third-order valence-corrected chi connectivity index (χ3v) is 3.37. The normalized spacial score (nSPS) is 21.1. The van der Waals surface area contributed by atoms with Crippen molar-refractivity contribution < 1.29 is 4.79 Å². The Bertz CT molecular complexity index is 214. The number of hydrogen-bond donors (Lipinski definition) is 2. The number of hydrogen-bond acceptors (Lipinski definition) is 2. The Morgan fingerprint density at radius 2 is 1.87 bits per heavy atom. The van der Waals surface area contributed by atoms with Crippen LogP contribution in [0.2, 0.25) is 0 Å². The molecule has 1 aliphatic heterocycles. The van der Waals surface area contributed by atoms with Gasteiger partial charge in [-0.25, -0.2) is 0 Å². The van der Waals surface area contributed by atoms with E-state index < -0.39 is 0 Å². The summed E-state index contributed by atoms with van der Waals surface area (Å²) in [6.45, 7) is 10.5. The third-order valence-electron chi connectivity index (χ3n) is 3.37. The lowest BCUT2D eigenvalue weighted by molar-refractivity contribution is -0.127. The SMILES string of the molecule is C[C@H](NC(=O)C1CCNCC1)C(C)(C)C. The van der Waals surface area contributed by atoms with E-state index in [4.69, 9.17) is 0 Å². The van der Waals surface area contributed by atoms with Crippen molar-refractivity contribution >= 4 is 5.91 Å². The lowest BCUT2D eigenvalue weighted by atomic mass is 9.87. The van der Waals surface area contributed by atoms with Crippen LogP contribution in [0.15, 0.2) is 0 Å². The first kappa shape index (κ1) is 12.5. The molecule has 3 heteroatoms. The van der Waals surface area contributed by atoms with Crippen LogP contribution in [0.1, 0.15) is 40.5 Å². The molecule has 1 heterocycles. The lowest BCUT2D eigenvalue weighted by Crippen LogP contribution is -2.46. The molecule has 3 nitrogen and oxygen atoms in total. The van der Waals surface area contributed by atoms with E-state index in [1.165, 1.54) is 0 Å². The van der Waals surface area contributed by atoms with Crippen LogP contribution in [0.4, 0.5) is 0 Å². The van der Waals surface area contributed by atoms with Gasteiger partial charge in [-0.2, -0.15) is 0 Å². The van der Waals surface area contributed by atoms with E-state index in [0.717, 1.165) is 25.9 Å². The molecule has 1 amide bonds. The molecule has 0 aromatic rings. The molecule has 1 rings (SSSR count). The van der Waals surface area contributed by atoms with Gasteiger partial charge in [0.1, 0.15) is 0 Å². The maximum absolute atomic E-state index is 11.9. The fraction of sp³-hybridized carbons (Fsp3) is 0.917. The number of carbonyl (C=O) groups excluding carboxylic acids is 1. The zero-order valence-electron chi connectivity index (χ0n) is 10.4. The van der Waals surface area contributed by atoms with E-state index in [0.29, 0.717) is 0 Å². The highest BCUT2D eigenvalue weighted by atomic mass is 16.1. The Labute approximate surface area is 93.0 Å². The summed E-state index contributed by atoms with van der Waals surface area (Å²) in [4.78, 5) is 11.9. The highest BCUT2D eigenvalue weighted by Gasteiger charge is 2.26. The summed E-state index contributed by atoms with van der Waals surface area (Å²) in [5.41, 5.74) is 0.141. The summed E-state index contributed by atoms with van der Waals surface area (Å²) in [6.07, 6.45) is 1.95. The average Bonchev–Trinajstić information content (AvgIpc) is 2.17. The molecule has 1 saturated heterocycles. The lowest BCUT2D eigenvalue weighted by Gasteiger charge is -2.30. The molecular weight excluding hydrogens is 188 g/mol. The zero-order valence-corrected chi connectivity index (χ0v) is 10.4. The first-order valence-electron chi connectivity index (χ1n) is 5.92. The predicted molar refractivity (Wildman–Crippen MR) is 62.7 cm³/mol. The van der Waals surface area contributed by atoms with Crippen molar-refractivity contribution in [2.75, 3.05) is 13.1 Å². The molecule has 0 aliphatic carbocycles. The first-order valence-corrected chi connectivity index (χ1v) is 5.92. The van der Waals surface area contributed by atoms with Crippen molar-refractivity contribution in [3.05, 3.63) is 0 Å². The van der Waals surface area contributed by atoms with Crippen molar-refractivity contribution in [3.8, 4) is 0 Å². The predicted octanol–water partition coefficient (Wildman–Crippen LogP) is 1.54. The molecule has 0 unspecified atom stereocenters. The Kier molecular flexibility index (Phi) is 4.14. The number of amides is 1. The molecule has 0 aromatic carbocycles. The van der Waals surface area contributed by atoms with Gasteiger partial charge in [0, 0.05) is 12.0 Å². The van der Waals surface area contributed by atoms with E-state index >= 15 is 0 Å². The molecule has 0 saturated carbocycles. The maximum atomic E-state index is 11.9. The summed E-state index contributed by atoms with van der Waals surface area (Å²) >= 11 is 0. The van der Waals surface area contributed by atoms with E-state index in [9.17, 15) is 4.79 Å². The number of nitrogens with one attached hydrogen (secondary N) is 2. The highest BCUT2D eigenvalue weighted by Crippen LogP contribution is 2.20. The van der Waals surface area contributed by atoms with Gasteiger partial charge in [-0.3, -0.25) is 4.79 Å². The van der Waals surface area contributed by atoms with Crippen LogP contribution in [0.3, 0.4) is 0 Å². The Morgan fingerprint density at radius 3 is 2.33 bits per heavy atom. The molecule has 15 heavy (non-hydrogen) atoms. The molecule has 0 bridgehead atoms. The van der Waals surface area contributed by atoms with Gasteiger partial charge in [-0.1, -0.05) is 20.8 Å². The molecule has 1 aliphatic rings. The molecule has 1 fully saturated rings. The fourth-order valence-electron chi connectivity index (χ4n) is 1.63. The van der Waals surface area contributed by atoms with Crippen LogP contribution in [-0.4, -0.2) is 25.0 Å². The third kappa shape index (κ3) is 3.82. The van der Waals surface area contributed by atoms with E-state index in [-0.39, 0.29) is 23.3 Å². The Hall–Kier alpha value is -0.570. The van der Waals surface area contributed by atoms with Gasteiger partial charge in [-0.05, 0) is 38.3 Å². The van der Waals surface area contributed by atoms with E-state index in [2.05, 4.69) is 38.3 Å².